The molecule has 2 rings (SSSR count). The monoisotopic (exact) mass is 332 g/mol. The van der Waals surface area contributed by atoms with E-state index in [4.69, 9.17) is 5.14 Å². The number of nitrogens with one attached hydrogen (secondary N) is 1. The lowest BCUT2D eigenvalue weighted by atomic mass is 10.2. The number of sulfone groups is 1. The van der Waals surface area contributed by atoms with Gasteiger partial charge < -0.3 is 5.32 Å². The molecule has 0 aliphatic carbocycles. The molecule has 1 heterocycles. The summed E-state index contributed by atoms with van der Waals surface area (Å²) in [6.07, 6.45) is 1.43. The maximum atomic E-state index is 12.1. The minimum atomic E-state index is -4.00. The number of hydrogen-bond acceptors (Lipinski definition) is 5. The molecule has 0 bridgehead atoms. The summed E-state index contributed by atoms with van der Waals surface area (Å²) in [6.45, 7) is 0. The number of amides is 1. The highest BCUT2D eigenvalue weighted by Gasteiger charge is 2.35. The van der Waals surface area contributed by atoms with Gasteiger partial charge in [-0.05, 0) is 25.0 Å². The normalized spacial score (nSPS) is 21.7. The van der Waals surface area contributed by atoms with Crippen LogP contribution in [0.5, 0.6) is 0 Å². The molecule has 3 N–H and O–H groups in total. The molecule has 1 aromatic carbocycles. The Labute approximate surface area is 123 Å². The maximum Gasteiger partial charge on any atom is 0.242 e. The standard InChI is InChI=1S/C12H16N2O5S2/c13-21(18,19)10-6-2-1-5-9(10)14-12(15)11-7-3-4-8-20(11,16)17/h1-2,5-6,11H,3-4,7-8H2,(H,14,15)(H2,13,18,19). The molecule has 9 heteroatoms. The average molecular weight is 332 g/mol. The van der Waals surface area contributed by atoms with Crippen LogP contribution in [-0.2, 0) is 24.7 Å². The summed E-state index contributed by atoms with van der Waals surface area (Å²) in [7, 11) is -7.49. The molecule has 0 aromatic heterocycles. The second kappa shape index (κ2) is 5.74. The lowest BCUT2D eigenvalue weighted by Gasteiger charge is -2.21. The van der Waals surface area contributed by atoms with Gasteiger partial charge in [0.15, 0.2) is 9.84 Å². The lowest BCUT2D eigenvalue weighted by Crippen LogP contribution is -2.39. The fraction of sp³-hybridized carbons (Fsp3) is 0.417. The second-order valence-corrected chi connectivity index (χ2v) is 8.71. The zero-order chi connectivity index (χ0) is 15.7. The van der Waals surface area contributed by atoms with E-state index in [2.05, 4.69) is 5.32 Å². The van der Waals surface area contributed by atoms with Gasteiger partial charge in [0.25, 0.3) is 0 Å². The first-order valence-corrected chi connectivity index (χ1v) is 9.62. The summed E-state index contributed by atoms with van der Waals surface area (Å²) in [6, 6.07) is 5.61. The highest BCUT2D eigenvalue weighted by Crippen LogP contribution is 2.24. The minimum absolute atomic E-state index is 0.00854. The summed E-state index contributed by atoms with van der Waals surface area (Å²) in [4.78, 5) is 11.9. The fourth-order valence-corrected chi connectivity index (χ4v) is 4.78. The first kappa shape index (κ1) is 15.9. The van der Waals surface area contributed by atoms with Crippen LogP contribution < -0.4 is 10.5 Å². The van der Waals surface area contributed by atoms with Crippen molar-refractivity contribution < 1.29 is 21.6 Å². The zero-order valence-corrected chi connectivity index (χ0v) is 12.8. The van der Waals surface area contributed by atoms with Crippen molar-refractivity contribution in [2.24, 2.45) is 5.14 Å². The summed E-state index contributed by atoms with van der Waals surface area (Å²) in [5, 5.41) is 6.29. The Balaban J connectivity index is 2.29. The number of carbonyl (C=O) groups is 1. The molecule has 0 radical (unpaired) electrons. The third-order valence-corrected chi connectivity index (χ3v) is 6.47. The van der Waals surface area contributed by atoms with E-state index in [-0.39, 0.29) is 22.8 Å². The van der Waals surface area contributed by atoms with E-state index in [1.54, 1.807) is 0 Å². The number of carbonyl (C=O) groups excluding carboxylic acids is 1. The molecular weight excluding hydrogens is 316 g/mol. The quantitative estimate of drug-likeness (QED) is 0.820. The average Bonchev–Trinajstić information content (AvgIpc) is 2.37. The van der Waals surface area contributed by atoms with Gasteiger partial charge in [-0.25, -0.2) is 22.0 Å². The van der Waals surface area contributed by atoms with Crippen molar-refractivity contribution in [1.29, 1.82) is 0 Å². The number of para-hydroxylation sites is 1. The van der Waals surface area contributed by atoms with E-state index in [1.165, 1.54) is 24.3 Å². The molecule has 1 aromatic rings. The molecule has 1 unspecified atom stereocenters. The van der Waals surface area contributed by atoms with Crippen LogP contribution in [0.4, 0.5) is 5.69 Å². The Morgan fingerprint density at radius 3 is 2.52 bits per heavy atom. The van der Waals surface area contributed by atoms with Gasteiger partial charge in [0.1, 0.15) is 10.1 Å². The van der Waals surface area contributed by atoms with Crippen LogP contribution >= 0.6 is 0 Å². The molecular formula is C12H16N2O5S2. The number of benzene rings is 1. The van der Waals surface area contributed by atoms with Gasteiger partial charge >= 0.3 is 0 Å². The summed E-state index contributed by atoms with van der Waals surface area (Å²) in [5.74, 6) is -0.743. The lowest BCUT2D eigenvalue weighted by molar-refractivity contribution is -0.116. The van der Waals surface area contributed by atoms with Gasteiger partial charge in [0, 0.05) is 0 Å². The van der Waals surface area contributed by atoms with Gasteiger partial charge in [0.2, 0.25) is 15.9 Å². The van der Waals surface area contributed by atoms with Crippen LogP contribution in [0.15, 0.2) is 29.2 Å². The largest absolute Gasteiger partial charge is 0.324 e. The topological polar surface area (TPSA) is 123 Å². The number of anilines is 1. The van der Waals surface area contributed by atoms with Crippen LogP contribution in [0.25, 0.3) is 0 Å². The Bertz CT molecular complexity index is 756. The van der Waals surface area contributed by atoms with E-state index in [9.17, 15) is 21.6 Å². The molecule has 1 aliphatic rings. The summed E-state index contributed by atoms with van der Waals surface area (Å²) < 4.78 is 46.7. The third kappa shape index (κ3) is 3.60. The molecule has 116 valence electrons. The van der Waals surface area contributed by atoms with E-state index in [0.717, 1.165) is 0 Å². The number of hydrogen-bond donors (Lipinski definition) is 2. The summed E-state index contributed by atoms with van der Waals surface area (Å²) >= 11 is 0. The Hall–Kier alpha value is -1.45. The van der Waals surface area contributed by atoms with Crippen LogP contribution in [0.1, 0.15) is 19.3 Å². The highest BCUT2D eigenvalue weighted by atomic mass is 32.2. The van der Waals surface area contributed by atoms with Gasteiger partial charge in [-0.3, -0.25) is 4.79 Å². The fourth-order valence-electron chi connectivity index (χ4n) is 2.28. The Kier molecular flexibility index (Phi) is 4.35. The second-order valence-electron chi connectivity index (χ2n) is 4.88. The number of primary sulfonamides is 1. The predicted octanol–water partition coefficient (Wildman–Crippen LogP) is 0.240. The predicted molar refractivity (Wildman–Crippen MR) is 77.9 cm³/mol. The summed E-state index contributed by atoms with van der Waals surface area (Å²) in [5.41, 5.74) is -0.00854. The van der Waals surface area contributed by atoms with E-state index < -0.39 is 31.0 Å². The highest BCUT2D eigenvalue weighted by molar-refractivity contribution is 7.92. The van der Waals surface area contributed by atoms with Crippen LogP contribution in [0.2, 0.25) is 0 Å². The molecule has 1 saturated heterocycles. The minimum Gasteiger partial charge on any atom is -0.324 e. The molecule has 1 aliphatic heterocycles. The SMILES string of the molecule is NS(=O)(=O)c1ccccc1NC(=O)C1CCCCS1(=O)=O. The molecule has 0 spiro atoms. The molecule has 21 heavy (non-hydrogen) atoms. The number of sulfonamides is 1. The van der Waals surface area contributed by atoms with Crippen LogP contribution in [0.3, 0.4) is 0 Å². The van der Waals surface area contributed by atoms with Crippen molar-refractivity contribution in [3.63, 3.8) is 0 Å². The van der Waals surface area contributed by atoms with Gasteiger partial charge in [-0.15, -0.1) is 0 Å². The van der Waals surface area contributed by atoms with Crippen LogP contribution in [-0.4, -0.2) is 33.7 Å². The van der Waals surface area contributed by atoms with Gasteiger partial charge in [-0.1, -0.05) is 18.6 Å². The van der Waals surface area contributed by atoms with Crippen molar-refractivity contribution in [2.45, 2.75) is 29.4 Å². The molecule has 0 saturated carbocycles. The molecule has 1 fully saturated rings. The smallest absolute Gasteiger partial charge is 0.242 e. The van der Waals surface area contributed by atoms with Gasteiger partial charge in [0.05, 0.1) is 11.4 Å². The van der Waals surface area contributed by atoms with Crippen molar-refractivity contribution in [1.82, 2.24) is 0 Å². The molecule has 1 atom stereocenters. The zero-order valence-electron chi connectivity index (χ0n) is 11.2. The van der Waals surface area contributed by atoms with Crippen LogP contribution in [0, 0.1) is 0 Å². The van der Waals surface area contributed by atoms with Gasteiger partial charge in [-0.2, -0.15) is 0 Å². The van der Waals surface area contributed by atoms with Crippen molar-refractivity contribution >= 4 is 31.5 Å². The van der Waals surface area contributed by atoms with E-state index in [0.29, 0.717) is 12.8 Å². The molecule has 7 nitrogen and oxygen atoms in total. The first-order chi connectivity index (χ1) is 9.72. The van der Waals surface area contributed by atoms with Crippen molar-refractivity contribution in [3.05, 3.63) is 24.3 Å². The molecule has 1 amide bonds. The third-order valence-electron chi connectivity index (χ3n) is 3.32. The van der Waals surface area contributed by atoms with Crippen molar-refractivity contribution in [2.75, 3.05) is 11.1 Å². The number of nitrogens with two attached hydrogens (primary N) is 1. The maximum absolute atomic E-state index is 12.1. The van der Waals surface area contributed by atoms with E-state index in [1.807, 2.05) is 0 Å². The number of rotatable bonds is 3. The van der Waals surface area contributed by atoms with E-state index >= 15 is 0 Å². The first-order valence-electron chi connectivity index (χ1n) is 6.36. The Morgan fingerprint density at radius 2 is 1.90 bits per heavy atom. The van der Waals surface area contributed by atoms with Crippen molar-refractivity contribution in [3.8, 4) is 0 Å². The Morgan fingerprint density at radius 1 is 1.24 bits per heavy atom.